The minimum absolute atomic E-state index is 0.272. The first-order valence-electron chi connectivity index (χ1n) is 8.33. The van der Waals surface area contributed by atoms with Crippen LogP contribution in [0.5, 0.6) is 0 Å². The Bertz CT molecular complexity index is 1010. The molecule has 1 amide bonds. The summed E-state index contributed by atoms with van der Waals surface area (Å²) >= 11 is 1.35. The molecule has 0 aliphatic carbocycles. The van der Waals surface area contributed by atoms with E-state index in [0.29, 0.717) is 22.0 Å². The Morgan fingerprint density at radius 1 is 1.30 bits per heavy atom. The predicted molar refractivity (Wildman–Crippen MR) is 102 cm³/mol. The second-order valence-corrected chi connectivity index (χ2v) is 7.09. The van der Waals surface area contributed by atoms with Gasteiger partial charge in [-0.25, -0.2) is 9.48 Å². The van der Waals surface area contributed by atoms with Crippen molar-refractivity contribution in [1.29, 1.82) is 0 Å². The SMILES string of the molecule is CCOC(=O)c1c(NC(=O)c2cccc(-c3nnnn3C)c2)sc(C)c1C. The first-order valence-corrected chi connectivity index (χ1v) is 9.15. The van der Waals surface area contributed by atoms with Gasteiger partial charge < -0.3 is 10.1 Å². The summed E-state index contributed by atoms with van der Waals surface area (Å²) in [6.45, 7) is 5.77. The van der Waals surface area contributed by atoms with E-state index in [1.54, 1.807) is 32.2 Å². The lowest BCUT2D eigenvalue weighted by Gasteiger charge is -2.08. The van der Waals surface area contributed by atoms with Crippen LogP contribution in [0, 0.1) is 13.8 Å². The van der Waals surface area contributed by atoms with Crippen LogP contribution >= 0.6 is 11.3 Å². The van der Waals surface area contributed by atoms with E-state index in [9.17, 15) is 9.59 Å². The standard InChI is InChI=1S/C18H19N5O3S/c1-5-26-18(25)14-10(2)11(3)27-17(14)19-16(24)13-8-6-7-12(9-13)15-20-21-22-23(15)4/h6-9H,5H2,1-4H3,(H,19,24). The van der Waals surface area contributed by atoms with E-state index in [-0.39, 0.29) is 12.5 Å². The molecule has 1 N–H and O–H groups in total. The number of hydrogen-bond donors (Lipinski definition) is 1. The van der Waals surface area contributed by atoms with E-state index in [2.05, 4.69) is 20.8 Å². The first kappa shape index (κ1) is 18.7. The maximum atomic E-state index is 12.8. The van der Waals surface area contributed by atoms with Gasteiger partial charge in [0.1, 0.15) is 5.00 Å². The van der Waals surface area contributed by atoms with E-state index in [1.807, 2.05) is 19.9 Å². The van der Waals surface area contributed by atoms with Gasteiger partial charge >= 0.3 is 5.97 Å². The summed E-state index contributed by atoms with van der Waals surface area (Å²) in [5, 5.41) is 14.7. The number of nitrogens with zero attached hydrogens (tertiary/aromatic N) is 4. The molecular formula is C18H19N5O3S. The quantitative estimate of drug-likeness (QED) is 0.678. The van der Waals surface area contributed by atoms with Crippen LogP contribution in [0.3, 0.4) is 0 Å². The van der Waals surface area contributed by atoms with Crippen molar-refractivity contribution < 1.29 is 14.3 Å². The number of benzene rings is 1. The van der Waals surface area contributed by atoms with Crippen molar-refractivity contribution in [2.45, 2.75) is 20.8 Å². The normalized spacial score (nSPS) is 10.7. The third kappa shape index (κ3) is 3.72. The summed E-state index contributed by atoms with van der Waals surface area (Å²) in [6.07, 6.45) is 0. The van der Waals surface area contributed by atoms with Crippen LogP contribution in [0.15, 0.2) is 24.3 Å². The highest BCUT2D eigenvalue weighted by Crippen LogP contribution is 2.33. The van der Waals surface area contributed by atoms with Crippen LogP contribution in [0.4, 0.5) is 5.00 Å². The predicted octanol–water partition coefficient (Wildman–Crippen LogP) is 2.98. The van der Waals surface area contributed by atoms with Gasteiger partial charge in [0.25, 0.3) is 5.91 Å². The number of anilines is 1. The van der Waals surface area contributed by atoms with Gasteiger partial charge in [0.15, 0.2) is 5.82 Å². The number of amides is 1. The molecule has 0 aliphatic rings. The number of ether oxygens (including phenoxy) is 1. The molecule has 0 fully saturated rings. The molecule has 0 saturated heterocycles. The molecule has 0 spiro atoms. The second-order valence-electron chi connectivity index (χ2n) is 5.87. The third-order valence-electron chi connectivity index (χ3n) is 4.10. The van der Waals surface area contributed by atoms with Gasteiger partial charge in [-0.2, -0.15) is 0 Å². The highest BCUT2D eigenvalue weighted by Gasteiger charge is 2.22. The zero-order valence-corrected chi connectivity index (χ0v) is 16.3. The van der Waals surface area contributed by atoms with Crippen molar-refractivity contribution in [1.82, 2.24) is 20.2 Å². The van der Waals surface area contributed by atoms with Gasteiger partial charge in [-0.3, -0.25) is 4.79 Å². The summed E-state index contributed by atoms with van der Waals surface area (Å²) in [5.41, 5.74) is 2.38. The molecule has 9 heteroatoms. The molecule has 1 aromatic carbocycles. The Labute approximate surface area is 160 Å². The monoisotopic (exact) mass is 385 g/mol. The Kier molecular flexibility index (Phi) is 5.31. The number of thiophene rings is 1. The van der Waals surface area contributed by atoms with Crippen molar-refractivity contribution >= 4 is 28.2 Å². The highest BCUT2D eigenvalue weighted by atomic mass is 32.1. The number of tetrazole rings is 1. The molecule has 0 atom stereocenters. The fraction of sp³-hybridized carbons (Fsp3) is 0.278. The number of carbonyl (C=O) groups excluding carboxylic acids is 2. The van der Waals surface area contributed by atoms with E-state index in [4.69, 9.17) is 4.74 Å². The van der Waals surface area contributed by atoms with E-state index in [0.717, 1.165) is 16.0 Å². The highest BCUT2D eigenvalue weighted by molar-refractivity contribution is 7.16. The zero-order valence-electron chi connectivity index (χ0n) is 15.4. The molecule has 0 unspecified atom stereocenters. The maximum absolute atomic E-state index is 12.8. The van der Waals surface area contributed by atoms with Crippen LogP contribution < -0.4 is 5.32 Å². The fourth-order valence-corrected chi connectivity index (χ4v) is 3.66. The van der Waals surface area contributed by atoms with Crippen molar-refractivity contribution in [3.05, 3.63) is 45.8 Å². The summed E-state index contributed by atoms with van der Waals surface area (Å²) in [4.78, 5) is 26.0. The average molecular weight is 385 g/mol. The number of carbonyl (C=O) groups is 2. The number of aromatic nitrogens is 4. The van der Waals surface area contributed by atoms with Gasteiger partial charge in [-0.15, -0.1) is 16.4 Å². The van der Waals surface area contributed by atoms with E-state index in [1.165, 1.54) is 16.0 Å². The van der Waals surface area contributed by atoms with E-state index < -0.39 is 5.97 Å². The smallest absolute Gasteiger partial charge is 0.341 e. The van der Waals surface area contributed by atoms with Crippen LogP contribution in [0.25, 0.3) is 11.4 Å². The van der Waals surface area contributed by atoms with Crippen LogP contribution in [0.2, 0.25) is 0 Å². The molecule has 2 heterocycles. The average Bonchev–Trinajstić information content (AvgIpc) is 3.18. The molecule has 27 heavy (non-hydrogen) atoms. The minimum atomic E-state index is -0.437. The lowest BCUT2D eigenvalue weighted by Crippen LogP contribution is -2.15. The molecule has 2 aromatic heterocycles. The number of aryl methyl sites for hydroxylation is 2. The summed E-state index contributed by atoms with van der Waals surface area (Å²) in [7, 11) is 1.73. The molecule has 3 aromatic rings. The lowest BCUT2D eigenvalue weighted by atomic mass is 10.1. The fourth-order valence-electron chi connectivity index (χ4n) is 2.61. The molecule has 0 radical (unpaired) electrons. The van der Waals surface area contributed by atoms with Crippen molar-refractivity contribution in [3.63, 3.8) is 0 Å². The van der Waals surface area contributed by atoms with Crippen LogP contribution in [-0.2, 0) is 11.8 Å². The van der Waals surface area contributed by atoms with E-state index >= 15 is 0 Å². The molecule has 8 nitrogen and oxygen atoms in total. The third-order valence-corrected chi connectivity index (χ3v) is 5.22. The zero-order chi connectivity index (χ0) is 19.6. The summed E-state index contributed by atoms with van der Waals surface area (Å²) in [6, 6.07) is 6.99. The van der Waals surface area contributed by atoms with Crippen LogP contribution in [-0.4, -0.2) is 38.7 Å². The number of esters is 1. The van der Waals surface area contributed by atoms with Crippen molar-refractivity contribution in [3.8, 4) is 11.4 Å². The van der Waals surface area contributed by atoms with Crippen molar-refractivity contribution in [2.24, 2.45) is 7.05 Å². The largest absolute Gasteiger partial charge is 0.462 e. The van der Waals surface area contributed by atoms with Gasteiger partial charge in [0.2, 0.25) is 0 Å². The maximum Gasteiger partial charge on any atom is 0.341 e. The second kappa shape index (κ2) is 7.67. The van der Waals surface area contributed by atoms with Gasteiger partial charge in [0, 0.05) is 23.1 Å². The lowest BCUT2D eigenvalue weighted by molar-refractivity contribution is 0.0527. The Balaban J connectivity index is 1.90. The van der Waals surface area contributed by atoms with Gasteiger partial charge in [-0.05, 0) is 48.9 Å². The van der Waals surface area contributed by atoms with Gasteiger partial charge in [0.05, 0.1) is 12.2 Å². The Morgan fingerprint density at radius 3 is 2.74 bits per heavy atom. The molecular weight excluding hydrogens is 366 g/mol. The first-order chi connectivity index (χ1) is 12.9. The minimum Gasteiger partial charge on any atom is -0.462 e. The number of nitrogens with one attached hydrogen (secondary N) is 1. The molecule has 3 rings (SSSR count). The Hall–Kier alpha value is -3.07. The molecule has 0 bridgehead atoms. The molecule has 140 valence electrons. The number of hydrogen-bond acceptors (Lipinski definition) is 7. The number of rotatable bonds is 5. The molecule has 0 saturated carbocycles. The van der Waals surface area contributed by atoms with Crippen molar-refractivity contribution in [2.75, 3.05) is 11.9 Å². The summed E-state index contributed by atoms with van der Waals surface area (Å²) in [5.74, 6) is -0.202. The molecule has 0 aliphatic heterocycles. The topological polar surface area (TPSA) is 99.0 Å². The Morgan fingerprint density at radius 2 is 2.07 bits per heavy atom. The van der Waals surface area contributed by atoms with Gasteiger partial charge in [-0.1, -0.05) is 12.1 Å². The van der Waals surface area contributed by atoms with Crippen LogP contribution in [0.1, 0.15) is 38.1 Å². The summed E-state index contributed by atoms with van der Waals surface area (Å²) < 4.78 is 6.65.